The number of hydrogen-bond donors (Lipinski definition) is 3. The second-order valence-corrected chi connectivity index (χ2v) is 11.1. The molecule has 2 atom stereocenters. The van der Waals surface area contributed by atoms with Crippen LogP contribution >= 0.6 is 11.6 Å². The number of fused-ring (bicyclic) bond motifs is 1. The summed E-state index contributed by atoms with van der Waals surface area (Å²) in [5.74, 6) is -1.91. The molecule has 0 spiro atoms. The molecule has 0 aliphatic heterocycles. The van der Waals surface area contributed by atoms with Gasteiger partial charge in [-0.15, -0.1) is 0 Å². The first kappa shape index (κ1) is 24.1. The van der Waals surface area contributed by atoms with Gasteiger partial charge in [-0.05, 0) is 48.9 Å². The van der Waals surface area contributed by atoms with Gasteiger partial charge in [-0.25, -0.2) is 26.9 Å². The van der Waals surface area contributed by atoms with Crippen molar-refractivity contribution in [1.29, 1.82) is 0 Å². The molecule has 1 aromatic heterocycles. The molecule has 2 aliphatic rings. The van der Waals surface area contributed by atoms with E-state index in [0.29, 0.717) is 35.3 Å². The lowest BCUT2D eigenvalue weighted by atomic mass is 9.91. The minimum atomic E-state index is -3.34. The van der Waals surface area contributed by atoms with Crippen LogP contribution in [0.4, 0.5) is 26.2 Å². The van der Waals surface area contributed by atoms with Gasteiger partial charge in [0.05, 0.1) is 12.5 Å². The zero-order valence-corrected chi connectivity index (χ0v) is 19.9. The molecule has 1 saturated carbocycles. The number of aryl methyl sites for hydroxylation is 2. The van der Waals surface area contributed by atoms with Gasteiger partial charge in [-0.1, -0.05) is 30.5 Å². The summed E-state index contributed by atoms with van der Waals surface area (Å²) in [7, 11) is -3.34. The highest BCUT2D eigenvalue weighted by molar-refractivity contribution is 7.88. The number of halogens is 3. The quantitative estimate of drug-likeness (QED) is 0.500. The fraction of sp³-hybridized carbons (Fsp3) is 0.545. The Hall–Kier alpha value is -2.04. The zero-order chi connectivity index (χ0) is 23.6. The van der Waals surface area contributed by atoms with Crippen LogP contribution in [0.15, 0.2) is 24.4 Å². The molecule has 0 bridgehead atoms. The van der Waals surface area contributed by atoms with Gasteiger partial charge in [0.15, 0.2) is 5.82 Å². The van der Waals surface area contributed by atoms with Crippen molar-refractivity contribution in [2.24, 2.45) is 0 Å². The molecule has 1 fully saturated rings. The first-order chi connectivity index (χ1) is 15.6. The van der Waals surface area contributed by atoms with E-state index in [1.165, 1.54) is 6.20 Å². The summed E-state index contributed by atoms with van der Waals surface area (Å²) in [6.45, 7) is 0. The van der Waals surface area contributed by atoms with Crippen molar-refractivity contribution in [3.63, 3.8) is 0 Å². The Balaban J connectivity index is 1.49. The van der Waals surface area contributed by atoms with Crippen molar-refractivity contribution in [2.45, 2.75) is 69.4 Å². The molecule has 0 saturated heterocycles. The van der Waals surface area contributed by atoms with Crippen LogP contribution < -0.4 is 15.4 Å². The summed E-state index contributed by atoms with van der Waals surface area (Å²) in [6.07, 6.45) is 6.46. The first-order valence-electron chi connectivity index (χ1n) is 11.1. The lowest BCUT2D eigenvalue weighted by Gasteiger charge is -2.32. The van der Waals surface area contributed by atoms with E-state index in [1.807, 2.05) is 18.2 Å². The molecule has 1 heterocycles. The number of nitrogens with one attached hydrogen (secondary N) is 3. The second-order valence-electron chi connectivity index (χ2n) is 8.89. The van der Waals surface area contributed by atoms with Gasteiger partial charge < -0.3 is 10.6 Å². The Morgan fingerprint density at radius 3 is 2.52 bits per heavy atom. The normalized spacial score (nSPS) is 22.8. The van der Waals surface area contributed by atoms with Crippen LogP contribution in [0.5, 0.6) is 0 Å². The van der Waals surface area contributed by atoms with Crippen LogP contribution in [0.2, 0.25) is 5.02 Å². The van der Waals surface area contributed by atoms with Crippen molar-refractivity contribution in [3.05, 3.63) is 40.5 Å². The van der Waals surface area contributed by atoms with Gasteiger partial charge in [0.25, 0.3) is 0 Å². The topological polar surface area (TPSA) is 96.0 Å². The van der Waals surface area contributed by atoms with Crippen LogP contribution in [0.1, 0.15) is 49.7 Å². The molecule has 7 nitrogen and oxygen atoms in total. The Kier molecular flexibility index (Phi) is 7.07. The van der Waals surface area contributed by atoms with Crippen LogP contribution in [-0.2, 0) is 22.9 Å². The van der Waals surface area contributed by atoms with Crippen LogP contribution in [-0.4, -0.2) is 42.6 Å². The molecule has 180 valence electrons. The largest absolute Gasteiger partial charge is 0.364 e. The Labute approximate surface area is 197 Å². The standard InChI is InChI=1S/C22H28ClF2N5O2S/c1-33(31,32)30-19-5-3-2-4-18(19)28-20-17(23)13-26-21(29-20)27-16-7-6-14-8-10-22(24,25)11-9-15(14)12-16/h6-7,12-13,18-19,30H,2-5,8-11H2,1H3,(H2,26,27,28,29)/t18-,19-/m1/s1. The Morgan fingerprint density at radius 2 is 1.79 bits per heavy atom. The Morgan fingerprint density at radius 1 is 1.09 bits per heavy atom. The van der Waals surface area contributed by atoms with Gasteiger partial charge in [0.1, 0.15) is 5.02 Å². The molecule has 2 aromatic rings. The van der Waals surface area contributed by atoms with E-state index in [9.17, 15) is 17.2 Å². The highest BCUT2D eigenvalue weighted by Gasteiger charge is 2.31. The summed E-state index contributed by atoms with van der Waals surface area (Å²) in [5, 5.41) is 6.74. The van der Waals surface area contributed by atoms with Crippen molar-refractivity contribution < 1.29 is 17.2 Å². The number of benzene rings is 1. The van der Waals surface area contributed by atoms with E-state index in [1.54, 1.807) is 0 Å². The maximum Gasteiger partial charge on any atom is 0.248 e. The van der Waals surface area contributed by atoms with Gasteiger partial charge in [-0.2, -0.15) is 4.98 Å². The first-order valence-corrected chi connectivity index (χ1v) is 13.4. The number of anilines is 3. The van der Waals surface area contributed by atoms with Crippen molar-refractivity contribution in [2.75, 3.05) is 16.9 Å². The summed E-state index contributed by atoms with van der Waals surface area (Å²) in [4.78, 5) is 8.72. The van der Waals surface area contributed by atoms with Crippen LogP contribution in [0.25, 0.3) is 0 Å². The predicted molar refractivity (Wildman–Crippen MR) is 126 cm³/mol. The van der Waals surface area contributed by atoms with Gasteiger partial charge in [0.2, 0.25) is 21.9 Å². The third kappa shape index (κ3) is 6.51. The fourth-order valence-corrected chi connectivity index (χ4v) is 5.47. The van der Waals surface area contributed by atoms with E-state index in [4.69, 9.17) is 11.6 Å². The molecule has 0 radical (unpaired) electrons. The Bertz CT molecular complexity index is 1120. The molecule has 4 rings (SSSR count). The summed E-state index contributed by atoms with van der Waals surface area (Å²) < 4.78 is 53.7. The lowest BCUT2D eigenvalue weighted by Crippen LogP contribution is -2.48. The molecule has 1 aromatic carbocycles. The minimum Gasteiger partial charge on any atom is -0.364 e. The molecular weight excluding hydrogens is 472 g/mol. The molecule has 2 aliphatic carbocycles. The zero-order valence-electron chi connectivity index (χ0n) is 18.4. The van der Waals surface area contributed by atoms with Gasteiger partial charge in [-0.3, -0.25) is 0 Å². The van der Waals surface area contributed by atoms with Crippen LogP contribution in [0.3, 0.4) is 0 Å². The number of sulfonamides is 1. The smallest absolute Gasteiger partial charge is 0.248 e. The average Bonchev–Trinajstić information content (AvgIpc) is 2.89. The summed E-state index contributed by atoms with van der Waals surface area (Å²) in [5.41, 5.74) is 2.56. The molecule has 33 heavy (non-hydrogen) atoms. The number of rotatable bonds is 6. The number of nitrogens with zero attached hydrogens (tertiary/aromatic N) is 2. The van der Waals surface area contributed by atoms with E-state index < -0.39 is 15.9 Å². The third-order valence-electron chi connectivity index (χ3n) is 6.18. The average molecular weight is 500 g/mol. The van der Waals surface area contributed by atoms with E-state index in [2.05, 4.69) is 25.3 Å². The molecule has 0 amide bonds. The maximum absolute atomic E-state index is 13.8. The lowest BCUT2D eigenvalue weighted by molar-refractivity contribution is -0.0130. The minimum absolute atomic E-state index is 0.127. The van der Waals surface area contributed by atoms with Crippen molar-refractivity contribution in [1.82, 2.24) is 14.7 Å². The van der Waals surface area contributed by atoms with Crippen LogP contribution in [0, 0.1) is 0 Å². The van der Waals surface area contributed by atoms with Gasteiger partial charge >= 0.3 is 0 Å². The number of alkyl halides is 2. The van der Waals surface area contributed by atoms with Gasteiger partial charge in [0, 0.05) is 30.6 Å². The SMILES string of the molecule is CS(=O)(=O)N[C@@H]1CCCC[C@H]1Nc1nc(Nc2ccc3c(c2)CCC(F)(F)CC3)ncc1Cl. The predicted octanol–water partition coefficient (Wildman–Crippen LogP) is 4.66. The molecule has 3 N–H and O–H groups in total. The second kappa shape index (κ2) is 9.68. The fourth-order valence-electron chi connectivity index (χ4n) is 4.49. The monoisotopic (exact) mass is 499 g/mol. The highest BCUT2D eigenvalue weighted by Crippen LogP contribution is 2.33. The van der Waals surface area contributed by atoms with E-state index in [0.717, 1.165) is 43.1 Å². The number of hydrogen-bond acceptors (Lipinski definition) is 6. The van der Waals surface area contributed by atoms with Crippen molar-refractivity contribution >= 4 is 39.1 Å². The molecule has 0 unspecified atom stereocenters. The molecular formula is C22H28ClF2N5O2S. The highest BCUT2D eigenvalue weighted by atomic mass is 35.5. The third-order valence-corrected chi connectivity index (χ3v) is 7.19. The molecule has 11 heteroatoms. The maximum atomic E-state index is 13.8. The van der Waals surface area contributed by atoms with Crippen molar-refractivity contribution in [3.8, 4) is 0 Å². The van der Waals surface area contributed by atoms with E-state index >= 15 is 0 Å². The number of aromatic nitrogens is 2. The summed E-state index contributed by atoms with van der Waals surface area (Å²) >= 11 is 6.31. The van der Waals surface area contributed by atoms with E-state index in [-0.39, 0.29) is 24.9 Å². The summed E-state index contributed by atoms with van der Waals surface area (Å²) in [6, 6.07) is 5.18.